The molecule has 0 N–H and O–H groups in total. The molecule has 1 atom stereocenters. The van der Waals surface area contributed by atoms with E-state index in [1.807, 2.05) is 12.1 Å². The first kappa shape index (κ1) is 15.0. The fraction of sp³-hybridized carbons (Fsp3) is 0.625. The van der Waals surface area contributed by atoms with Crippen molar-refractivity contribution < 1.29 is 4.74 Å². The standard InChI is InChI=1S/C16H22Cl2O/c1-12(2)7-16(10-17,11-18)8-13-9-19-15-6-4-3-5-14(13)15/h3-6,12-13H,7-11H2,1-2H3. The van der Waals surface area contributed by atoms with E-state index in [2.05, 4.69) is 26.0 Å². The van der Waals surface area contributed by atoms with E-state index in [0.717, 1.165) is 25.2 Å². The van der Waals surface area contributed by atoms with Gasteiger partial charge in [-0.1, -0.05) is 32.0 Å². The first-order chi connectivity index (χ1) is 9.10. The molecular formula is C16H22Cl2O. The number of fused-ring (bicyclic) bond motifs is 1. The minimum Gasteiger partial charge on any atom is -0.493 e. The average molecular weight is 301 g/mol. The number of halogens is 2. The largest absolute Gasteiger partial charge is 0.493 e. The topological polar surface area (TPSA) is 9.23 Å². The molecule has 0 spiro atoms. The molecule has 0 aromatic heterocycles. The second kappa shape index (κ2) is 6.37. The van der Waals surface area contributed by atoms with Gasteiger partial charge in [0, 0.05) is 23.2 Å². The molecule has 106 valence electrons. The number of benzene rings is 1. The molecule has 1 aromatic carbocycles. The van der Waals surface area contributed by atoms with E-state index in [0.29, 0.717) is 23.6 Å². The summed E-state index contributed by atoms with van der Waals surface area (Å²) in [6.45, 7) is 5.22. The van der Waals surface area contributed by atoms with Crippen molar-refractivity contribution >= 4 is 23.2 Å². The lowest BCUT2D eigenvalue weighted by molar-refractivity contribution is 0.230. The Morgan fingerprint density at radius 2 is 1.95 bits per heavy atom. The Kier molecular flexibility index (Phi) is 5.03. The molecule has 0 saturated heterocycles. The zero-order valence-electron chi connectivity index (χ0n) is 11.7. The van der Waals surface area contributed by atoms with Crippen LogP contribution in [0.15, 0.2) is 24.3 Å². The molecule has 3 heteroatoms. The third-order valence-electron chi connectivity index (χ3n) is 3.89. The van der Waals surface area contributed by atoms with Gasteiger partial charge < -0.3 is 4.74 Å². The maximum atomic E-state index is 6.25. The monoisotopic (exact) mass is 300 g/mol. The molecule has 1 aromatic rings. The van der Waals surface area contributed by atoms with Crippen molar-refractivity contribution in [2.45, 2.75) is 32.6 Å². The summed E-state index contributed by atoms with van der Waals surface area (Å²) in [5.41, 5.74) is 1.33. The molecule has 0 fully saturated rings. The third-order valence-corrected chi connectivity index (χ3v) is 5.02. The zero-order valence-corrected chi connectivity index (χ0v) is 13.2. The lowest BCUT2D eigenvalue weighted by Crippen LogP contribution is -2.30. The molecular weight excluding hydrogens is 279 g/mol. The fourth-order valence-electron chi connectivity index (χ4n) is 3.12. The van der Waals surface area contributed by atoms with Crippen LogP contribution < -0.4 is 4.74 Å². The van der Waals surface area contributed by atoms with Gasteiger partial charge in [0.05, 0.1) is 6.61 Å². The molecule has 0 amide bonds. The van der Waals surface area contributed by atoms with Crippen LogP contribution >= 0.6 is 23.2 Å². The van der Waals surface area contributed by atoms with Crippen LogP contribution in [0.1, 0.15) is 38.2 Å². The lowest BCUT2D eigenvalue weighted by atomic mass is 9.75. The Hall–Kier alpha value is -0.400. The number of alkyl halides is 2. The minimum atomic E-state index is 0.0166. The number of hydrogen-bond donors (Lipinski definition) is 0. The van der Waals surface area contributed by atoms with Gasteiger partial charge in [0.25, 0.3) is 0 Å². The second-order valence-electron chi connectivity index (χ2n) is 6.12. The van der Waals surface area contributed by atoms with Crippen LogP contribution in [0.3, 0.4) is 0 Å². The molecule has 0 bridgehead atoms. The van der Waals surface area contributed by atoms with Crippen LogP contribution in [0.2, 0.25) is 0 Å². The number of para-hydroxylation sites is 1. The lowest BCUT2D eigenvalue weighted by Gasteiger charge is -2.33. The van der Waals surface area contributed by atoms with Crippen molar-refractivity contribution in [3.63, 3.8) is 0 Å². The van der Waals surface area contributed by atoms with E-state index >= 15 is 0 Å². The summed E-state index contributed by atoms with van der Waals surface area (Å²) < 4.78 is 5.76. The maximum Gasteiger partial charge on any atom is 0.122 e. The predicted octanol–water partition coefficient (Wildman–Crippen LogP) is 5.06. The Morgan fingerprint density at radius 1 is 1.26 bits per heavy atom. The van der Waals surface area contributed by atoms with E-state index in [4.69, 9.17) is 27.9 Å². The molecule has 19 heavy (non-hydrogen) atoms. The van der Waals surface area contributed by atoms with E-state index in [1.165, 1.54) is 5.56 Å². The van der Waals surface area contributed by atoms with Gasteiger partial charge in [0.15, 0.2) is 0 Å². The van der Waals surface area contributed by atoms with Gasteiger partial charge in [-0.25, -0.2) is 0 Å². The van der Waals surface area contributed by atoms with Crippen LogP contribution in [0.4, 0.5) is 0 Å². The summed E-state index contributed by atoms with van der Waals surface area (Å²) in [6, 6.07) is 8.30. The van der Waals surface area contributed by atoms with Crippen molar-refractivity contribution in [2.75, 3.05) is 18.4 Å². The Morgan fingerprint density at radius 3 is 2.58 bits per heavy atom. The van der Waals surface area contributed by atoms with Crippen molar-refractivity contribution in [2.24, 2.45) is 11.3 Å². The molecule has 1 nitrogen and oxygen atoms in total. The Labute approximate surface area is 126 Å². The number of ether oxygens (including phenoxy) is 1. The van der Waals surface area contributed by atoms with E-state index in [-0.39, 0.29) is 5.41 Å². The van der Waals surface area contributed by atoms with Crippen LogP contribution in [0, 0.1) is 11.3 Å². The van der Waals surface area contributed by atoms with Crippen LogP contribution in [0.25, 0.3) is 0 Å². The molecule has 0 aliphatic carbocycles. The molecule has 1 unspecified atom stereocenters. The van der Waals surface area contributed by atoms with E-state index in [9.17, 15) is 0 Å². The molecule has 1 aliphatic heterocycles. The summed E-state index contributed by atoms with van der Waals surface area (Å²) in [6.07, 6.45) is 2.08. The smallest absolute Gasteiger partial charge is 0.122 e. The Bertz CT molecular complexity index is 413. The Balaban J connectivity index is 2.15. The summed E-state index contributed by atoms with van der Waals surface area (Å²) in [7, 11) is 0. The van der Waals surface area contributed by atoms with Gasteiger partial charge in [-0.2, -0.15) is 0 Å². The van der Waals surface area contributed by atoms with Gasteiger partial charge in [-0.15, -0.1) is 23.2 Å². The minimum absolute atomic E-state index is 0.0166. The summed E-state index contributed by atoms with van der Waals surface area (Å²) in [4.78, 5) is 0. The zero-order chi connectivity index (χ0) is 13.9. The van der Waals surface area contributed by atoms with Crippen LogP contribution in [-0.2, 0) is 0 Å². The van der Waals surface area contributed by atoms with Crippen LogP contribution in [0.5, 0.6) is 5.75 Å². The quantitative estimate of drug-likeness (QED) is 0.667. The van der Waals surface area contributed by atoms with Gasteiger partial charge in [-0.05, 0) is 30.2 Å². The van der Waals surface area contributed by atoms with E-state index in [1.54, 1.807) is 0 Å². The molecule has 2 rings (SSSR count). The number of hydrogen-bond acceptors (Lipinski definition) is 1. The molecule has 0 radical (unpaired) electrons. The van der Waals surface area contributed by atoms with Gasteiger partial charge in [0.2, 0.25) is 0 Å². The summed E-state index contributed by atoms with van der Waals surface area (Å²) in [5.74, 6) is 3.29. The number of rotatable bonds is 6. The third kappa shape index (κ3) is 3.38. The normalized spacial score (nSPS) is 18.5. The van der Waals surface area contributed by atoms with Crippen molar-refractivity contribution in [3.8, 4) is 5.75 Å². The first-order valence-electron chi connectivity index (χ1n) is 6.94. The second-order valence-corrected chi connectivity index (χ2v) is 6.65. The van der Waals surface area contributed by atoms with Crippen LogP contribution in [-0.4, -0.2) is 18.4 Å². The van der Waals surface area contributed by atoms with E-state index < -0.39 is 0 Å². The maximum absolute atomic E-state index is 6.25. The first-order valence-corrected chi connectivity index (χ1v) is 8.01. The molecule has 1 heterocycles. The SMILES string of the molecule is CC(C)CC(CCl)(CCl)CC1COc2ccccc21. The highest BCUT2D eigenvalue weighted by atomic mass is 35.5. The summed E-state index contributed by atoms with van der Waals surface area (Å²) >= 11 is 12.5. The van der Waals surface area contributed by atoms with Gasteiger partial charge >= 0.3 is 0 Å². The van der Waals surface area contributed by atoms with Crippen molar-refractivity contribution in [1.29, 1.82) is 0 Å². The molecule has 1 aliphatic rings. The highest BCUT2D eigenvalue weighted by Crippen LogP contribution is 2.44. The van der Waals surface area contributed by atoms with Crippen molar-refractivity contribution in [1.82, 2.24) is 0 Å². The predicted molar refractivity (Wildman–Crippen MR) is 82.6 cm³/mol. The highest BCUT2D eigenvalue weighted by molar-refractivity contribution is 6.21. The van der Waals surface area contributed by atoms with Gasteiger partial charge in [-0.3, -0.25) is 0 Å². The van der Waals surface area contributed by atoms with Gasteiger partial charge in [0.1, 0.15) is 5.75 Å². The average Bonchev–Trinajstić information content (AvgIpc) is 2.81. The fourth-order valence-corrected chi connectivity index (χ4v) is 3.85. The summed E-state index contributed by atoms with van der Waals surface area (Å²) in [5, 5.41) is 0. The van der Waals surface area contributed by atoms with Crippen molar-refractivity contribution in [3.05, 3.63) is 29.8 Å². The highest BCUT2D eigenvalue weighted by Gasteiger charge is 2.36. The molecule has 0 saturated carbocycles.